The quantitative estimate of drug-likeness (QED) is 0.435. The Balaban J connectivity index is 1.22. The molecule has 2 aromatic carbocycles. The van der Waals surface area contributed by atoms with Crippen molar-refractivity contribution < 1.29 is 17.9 Å². The number of hydrogen-bond acceptors (Lipinski definition) is 7. The van der Waals surface area contributed by atoms with Crippen molar-refractivity contribution in [3.05, 3.63) is 72.1 Å². The van der Waals surface area contributed by atoms with Gasteiger partial charge in [-0.25, -0.2) is 18.4 Å². The summed E-state index contributed by atoms with van der Waals surface area (Å²) in [5.74, 6) is 1.06. The molecule has 11 heteroatoms. The van der Waals surface area contributed by atoms with E-state index in [4.69, 9.17) is 16.3 Å². The summed E-state index contributed by atoms with van der Waals surface area (Å²) in [6, 6.07) is 15.3. The summed E-state index contributed by atoms with van der Waals surface area (Å²) in [6.45, 7) is 3.06. The summed E-state index contributed by atoms with van der Waals surface area (Å²) in [4.78, 5) is 24.4. The fourth-order valence-electron chi connectivity index (χ4n) is 3.70. The minimum absolute atomic E-state index is 0.113. The maximum Gasteiger partial charge on any atom is 0.263 e. The number of amides is 1. The number of halogens is 1. The number of benzene rings is 2. The van der Waals surface area contributed by atoms with Crippen molar-refractivity contribution in [2.45, 2.75) is 17.7 Å². The first kappa shape index (κ1) is 24.7. The Bertz CT molecular complexity index is 1220. The van der Waals surface area contributed by atoms with E-state index in [9.17, 15) is 13.2 Å². The molecule has 184 valence electrons. The predicted molar refractivity (Wildman–Crippen MR) is 134 cm³/mol. The minimum atomic E-state index is -3.74. The normalized spacial score (nSPS) is 14.0. The van der Waals surface area contributed by atoms with Crippen LogP contribution in [0.15, 0.2) is 72.0 Å². The lowest BCUT2D eigenvalue weighted by Gasteiger charge is -2.36. The van der Waals surface area contributed by atoms with Crippen LogP contribution < -0.4 is 14.4 Å². The molecule has 1 aliphatic rings. The third kappa shape index (κ3) is 6.83. The molecule has 0 saturated carbocycles. The van der Waals surface area contributed by atoms with Gasteiger partial charge < -0.3 is 14.5 Å². The monoisotopic (exact) mass is 515 g/mol. The highest BCUT2D eigenvalue weighted by atomic mass is 35.5. The van der Waals surface area contributed by atoms with Crippen LogP contribution >= 0.6 is 11.6 Å². The van der Waals surface area contributed by atoms with E-state index in [0.29, 0.717) is 50.7 Å². The van der Waals surface area contributed by atoms with Gasteiger partial charge in [0.1, 0.15) is 17.9 Å². The van der Waals surface area contributed by atoms with E-state index in [1.807, 2.05) is 4.90 Å². The Kier molecular flexibility index (Phi) is 8.04. The summed E-state index contributed by atoms with van der Waals surface area (Å²) in [5, 5.41) is 0.656. The van der Waals surface area contributed by atoms with Crippen molar-refractivity contribution in [2.24, 2.45) is 0 Å². The van der Waals surface area contributed by atoms with Gasteiger partial charge in [0.15, 0.2) is 0 Å². The summed E-state index contributed by atoms with van der Waals surface area (Å²) >= 11 is 5.86. The third-order valence-corrected chi connectivity index (χ3v) is 7.21. The van der Waals surface area contributed by atoms with Gasteiger partial charge >= 0.3 is 0 Å². The van der Waals surface area contributed by atoms with E-state index in [0.717, 1.165) is 11.4 Å². The molecule has 9 nitrogen and oxygen atoms in total. The number of sulfonamides is 1. The van der Waals surface area contributed by atoms with E-state index in [-0.39, 0.29) is 16.6 Å². The third-order valence-electron chi connectivity index (χ3n) is 5.58. The Morgan fingerprint density at radius 3 is 2.37 bits per heavy atom. The van der Waals surface area contributed by atoms with Crippen LogP contribution in [0.5, 0.6) is 5.75 Å². The molecule has 0 aliphatic carbocycles. The molecule has 1 aliphatic heterocycles. The van der Waals surface area contributed by atoms with Crippen molar-refractivity contribution in [2.75, 3.05) is 42.4 Å². The van der Waals surface area contributed by atoms with Crippen molar-refractivity contribution >= 4 is 39.0 Å². The first-order chi connectivity index (χ1) is 16.9. The number of hydrogen-bond donors (Lipinski definition) is 1. The lowest BCUT2D eigenvalue weighted by Crippen LogP contribution is -2.48. The van der Waals surface area contributed by atoms with Crippen LogP contribution in [0.2, 0.25) is 5.02 Å². The van der Waals surface area contributed by atoms with E-state index in [1.165, 1.54) is 18.6 Å². The summed E-state index contributed by atoms with van der Waals surface area (Å²) in [6.07, 6.45) is 3.81. The number of ether oxygens (including phenoxy) is 1. The molecule has 0 spiro atoms. The van der Waals surface area contributed by atoms with E-state index >= 15 is 0 Å². The zero-order valence-electron chi connectivity index (χ0n) is 19.0. The van der Waals surface area contributed by atoms with Crippen LogP contribution in [0, 0.1) is 0 Å². The van der Waals surface area contributed by atoms with Crippen LogP contribution in [0.25, 0.3) is 0 Å². The molecule has 0 radical (unpaired) electrons. The van der Waals surface area contributed by atoms with Gasteiger partial charge in [0.25, 0.3) is 10.0 Å². The smallest absolute Gasteiger partial charge is 0.263 e. The molecule has 0 bridgehead atoms. The summed E-state index contributed by atoms with van der Waals surface area (Å²) in [5.41, 5.74) is 0.912. The number of nitrogens with zero attached hydrogens (tertiary/aromatic N) is 4. The fraction of sp³-hybridized carbons (Fsp3) is 0.292. The number of carbonyl (C=O) groups is 1. The Morgan fingerprint density at radius 1 is 1.00 bits per heavy atom. The number of nitrogens with one attached hydrogen (secondary N) is 1. The second-order valence-electron chi connectivity index (χ2n) is 7.97. The molecule has 1 saturated heterocycles. The van der Waals surface area contributed by atoms with Crippen LogP contribution in [0.1, 0.15) is 12.8 Å². The Labute approximate surface area is 209 Å². The van der Waals surface area contributed by atoms with Gasteiger partial charge in [0.2, 0.25) is 5.91 Å². The zero-order chi connectivity index (χ0) is 24.7. The van der Waals surface area contributed by atoms with Gasteiger partial charge in [-0.05, 0) is 61.0 Å². The molecule has 1 N–H and O–H groups in total. The number of anilines is 2. The number of carbonyl (C=O) groups excluding carboxylic acids is 1. The topological polar surface area (TPSA) is 105 Å². The standard InChI is InChI=1S/C24H26ClN5O4S/c25-19-3-7-21(8-4-19)34-17-1-2-24(31)30-15-13-29(14-16-30)20-5-9-22(10-6-20)35(32,33)28-23-11-12-26-18-27-23/h3-12,18H,1-2,13-17H2,(H,26,27,28). The van der Waals surface area contributed by atoms with Gasteiger partial charge in [-0.3, -0.25) is 9.52 Å². The SMILES string of the molecule is O=C(CCCOc1ccc(Cl)cc1)N1CCN(c2ccc(S(=O)(=O)Nc3ccncn3)cc2)CC1. The molecule has 35 heavy (non-hydrogen) atoms. The van der Waals surface area contributed by atoms with E-state index in [1.54, 1.807) is 48.5 Å². The van der Waals surface area contributed by atoms with E-state index < -0.39 is 10.0 Å². The van der Waals surface area contributed by atoms with Crippen molar-refractivity contribution in [1.29, 1.82) is 0 Å². The van der Waals surface area contributed by atoms with Crippen LogP contribution in [-0.2, 0) is 14.8 Å². The molecule has 1 amide bonds. The Hall–Kier alpha value is -3.37. The van der Waals surface area contributed by atoms with Gasteiger partial charge in [0.05, 0.1) is 11.5 Å². The van der Waals surface area contributed by atoms with Crippen molar-refractivity contribution in [3.8, 4) is 5.75 Å². The van der Waals surface area contributed by atoms with Crippen LogP contribution in [0.4, 0.5) is 11.5 Å². The molecular formula is C24H26ClN5O4S. The minimum Gasteiger partial charge on any atom is -0.494 e. The average Bonchev–Trinajstić information content (AvgIpc) is 2.88. The molecule has 2 heterocycles. The van der Waals surface area contributed by atoms with Crippen LogP contribution in [0.3, 0.4) is 0 Å². The molecule has 1 fully saturated rings. The second kappa shape index (κ2) is 11.4. The zero-order valence-corrected chi connectivity index (χ0v) is 20.6. The predicted octanol–water partition coefficient (Wildman–Crippen LogP) is 3.44. The second-order valence-corrected chi connectivity index (χ2v) is 10.1. The van der Waals surface area contributed by atoms with Crippen molar-refractivity contribution in [1.82, 2.24) is 14.9 Å². The molecule has 3 aromatic rings. The van der Waals surface area contributed by atoms with E-state index in [2.05, 4.69) is 19.6 Å². The molecule has 4 rings (SSSR count). The number of rotatable bonds is 9. The van der Waals surface area contributed by atoms with Crippen molar-refractivity contribution in [3.63, 3.8) is 0 Å². The lowest BCUT2D eigenvalue weighted by atomic mass is 10.2. The summed E-state index contributed by atoms with van der Waals surface area (Å²) < 4.78 is 33.2. The molecule has 0 atom stereocenters. The average molecular weight is 516 g/mol. The van der Waals surface area contributed by atoms with Gasteiger partial charge in [0, 0.05) is 49.5 Å². The lowest BCUT2D eigenvalue weighted by molar-refractivity contribution is -0.131. The van der Waals surface area contributed by atoms with Gasteiger partial charge in [-0.15, -0.1) is 0 Å². The summed E-state index contributed by atoms with van der Waals surface area (Å²) in [7, 11) is -3.74. The maximum atomic E-state index is 12.6. The molecular weight excluding hydrogens is 490 g/mol. The van der Waals surface area contributed by atoms with Gasteiger partial charge in [-0.2, -0.15) is 0 Å². The highest BCUT2D eigenvalue weighted by molar-refractivity contribution is 7.92. The fourth-order valence-corrected chi connectivity index (χ4v) is 4.83. The van der Waals surface area contributed by atoms with Gasteiger partial charge in [-0.1, -0.05) is 11.6 Å². The maximum absolute atomic E-state index is 12.6. The number of piperazine rings is 1. The number of aromatic nitrogens is 2. The highest BCUT2D eigenvalue weighted by Gasteiger charge is 2.22. The first-order valence-electron chi connectivity index (χ1n) is 11.2. The highest BCUT2D eigenvalue weighted by Crippen LogP contribution is 2.21. The largest absolute Gasteiger partial charge is 0.494 e. The Morgan fingerprint density at radius 2 is 1.71 bits per heavy atom. The first-order valence-corrected chi connectivity index (χ1v) is 13.1. The van der Waals surface area contributed by atoms with Crippen LogP contribution in [-0.4, -0.2) is 62.0 Å². The molecule has 1 aromatic heterocycles. The molecule has 0 unspecified atom stereocenters.